The number of aliphatic hydroxyl groups is 1. The average molecular weight is 221 g/mol. The van der Waals surface area contributed by atoms with Gasteiger partial charge in [0.15, 0.2) is 0 Å². The second-order valence-corrected chi connectivity index (χ2v) is 6.18. The molecule has 1 saturated carbocycles. The van der Waals surface area contributed by atoms with Crippen molar-refractivity contribution in [3.63, 3.8) is 0 Å². The third-order valence-corrected chi connectivity index (χ3v) is 4.75. The SMILES string of the molecule is C[C@H](C1CCC(CO)CC1)S(N)(=O)=O. The Morgan fingerprint density at radius 1 is 1.36 bits per heavy atom. The fourth-order valence-electron chi connectivity index (χ4n) is 2.11. The molecule has 0 aromatic carbocycles. The summed E-state index contributed by atoms with van der Waals surface area (Å²) < 4.78 is 22.2. The van der Waals surface area contributed by atoms with Crippen LogP contribution in [0.2, 0.25) is 0 Å². The molecule has 4 nitrogen and oxygen atoms in total. The molecule has 0 unspecified atom stereocenters. The molecule has 84 valence electrons. The lowest BCUT2D eigenvalue weighted by Crippen LogP contribution is -2.35. The van der Waals surface area contributed by atoms with Crippen molar-refractivity contribution in [1.29, 1.82) is 0 Å². The summed E-state index contributed by atoms with van der Waals surface area (Å²) >= 11 is 0. The summed E-state index contributed by atoms with van der Waals surface area (Å²) in [7, 11) is -3.39. The zero-order chi connectivity index (χ0) is 10.8. The van der Waals surface area contributed by atoms with Crippen molar-refractivity contribution in [1.82, 2.24) is 0 Å². The minimum atomic E-state index is -3.39. The minimum Gasteiger partial charge on any atom is -0.396 e. The highest BCUT2D eigenvalue weighted by atomic mass is 32.2. The molecule has 0 bridgehead atoms. The number of rotatable bonds is 3. The van der Waals surface area contributed by atoms with Crippen LogP contribution in [0.1, 0.15) is 32.6 Å². The Balaban J connectivity index is 2.50. The molecule has 1 rings (SSSR count). The zero-order valence-corrected chi connectivity index (χ0v) is 9.33. The number of aliphatic hydroxyl groups excluding tert-OH is 1. The van der Waals surface area contributed by atoms with Gasteiger partial charge in [0.25, 0.3) is 0 Å². The first-order chi connectivity index (χ1) is 6.45. The summed E-state index contributed by atoms with van der Waals surface area (Å²) in [6.45, 7) is 1.90. The molecule has 0 aromatic rings. The molecule has 0 amide bonds. The molecule has 3 N–H and O–H groups in total. The van der Waals surface area contributed by atoms with E-state index < -0.39 is 15.3 Å². The van der Waals surface area contributed by atoms with Crippen LogP contribution in [0.3, 0.4) is 0 Å². The van der Waals surface area contributed by atoms with Crippen LogP contribution in [0.25, 0.3) is 0 Å². The van der Waals surface area contributed by atoms with Gasteiger partial charge < -0.3 is 5.11 Å². The van der Waals surface area contributed by atoms with E-state index in [0.717, 1.165) is 25.7 Å². The summed E-state index contributed by atoms with van der Waals surface area (Å²) in [4.78, 5) is 0. The molecular weight excluding hydrogens is 202 g/mol. The first-order valence-electron chi connectivity index (χ1n) is 5.07. The van der Waals surface area contributed by atoms with Gasteiger partial charge in [-0.3, -0.25) is 0 Å². The summed E-state index contributed by atoms with van der Waals surface area (Å²) in [6.07, 6.45) is 3.56. The fraction of sp³-hybridized carbons (Fsp3) is 1.00. The standard InChI is InChI=1S/C9H19NO3S/c1-7(14(10,12)13)9-4-2-8(6-11)3-5-9/h7-9,11H,2-6H2,1H3,(H2,10,12,13)/t7-,8?,9?/m1/s1. The van der Waals surface area contributed by atoms with E-state index in [9.17, 15) is 8.42 Å². The Kier molecular flexibility index (Phi) is 3.92. The van der Waals surface area contributed by atoms with Crippen LogP contribution in [0.4, 0.5) is 0 Å². The molecule has 5 heteroatoms. The number of nitrogens with two attached hydrogens (primary N) is 1. The summed E-state index contributed by atoms with van der Waals surface area (Å²) in [6, 6.07) is 0. The first-order valence-corrected chi connectivity index (χ1v) is 6.68. The van der Waals surface area contributed by atoms with Crippen LogP contribution >= 0.6 is 0 Å². The van der Waals surface area contributed by atoms with Gasteiger partial charge in [0, 0.05) is 6.61 Å². The highest BCUT2D eigenvalue weighted by Crippen LogP contribution is 2.32. The fourth-order valence-corrected chi connectivity index (χ4v) is 2.92. The van der Waals surface area contributed by atoms with E-state index >= 15 is 0 Å². The molecule has 1 aliphatic carbocycles. The van der Waals surface area contributed by atoms with Crippen LogP contribution in [-0.2, 0) is 10.0 Å². The van der Waals surface area contributed by atoms with Crippen LogP contribution in [0, 0.1) is 11.8 Å². The largest absolute Gasteiger partial charge is 0.396 e. The molecular formula is C9H19NO3S. The summed E-state index contributed by atoms with van der Waals surface area (Å²) in [5, 5.41) is 13.6. The van der Waals surface area contributed by atoms with Gasteiger partial charge in [0.1, 0.15) is 0 Å². The quantitative estimate of drug-likeness (QED) is 0.726. The maximum absolute atomic E-state index is 11.1. The van der Waals surface area contributed by atoms with Crippen molar-refractivity contribution in [3.8, 4) is 0 Å². The van der Waals surface area contributed by atoms with Gasteiger partial charge in [-0.05, 0) is 44.4 Å². The Morgan fingerprint density at radius 2 is 1.86 bits per heavy atom. The van der Waals surface area contributed by atoms with E-state index in [1.807, 2.05) is 0 Å². The lowest BCUT2D eigenvalue weighted by Gasteiger charge is -2.30. The number of hydrogen-bond acceptors (Lipinski definition) is 3. The van der Waals surface area contributed by atoms with Crippen molar-refractivity contribution in [3.05, 3.63) is 0 Å². The van der Waals surface area contributed by atoms with E-state index in [2.05, 4.69) is 0 Å². The molecule has 0 spiro atoms. The lowest BCUT2D eigenvalue weighted by molar-refractivity contribution is 0.166. The van der Waals surface area contributed by atoms with E-state index in [-0.39, 0.29) is 12.5 Å². The third-order valence-electron chi connectivity index (χ3n) is 3.33. The molecule has 1 aliphatic rings. The lowest BCUT2D eigenvalue weighted by atomic mass is 9.81. The molecule has 0 heterocycles. The van der Waals surface area contributed by atoms with Crippen molar-refractivity contribution >= 4 is 10.0 Å². The zero-order valence-electron chi connectivity index (χ0n) is 8.52. The summed E-state index contributed by atoms with van der Waals surface area (Å²) in [5.74, 6) is 0.534. The van der Waals surface area contributed by atoms with Gasteiger partial charge in [0.05, 0.1) is 5.25 Å². The minimum absolute atomic E-state index is 0.174. The Labute approximate surface area is 85.5 Å². The highest BCUT2D eigenvalue weighted by molar-refractivity contribution is 7.89. The van der Waals surface area contributed by atoms with Crippen molar-refractivity contribution in [2.75, 3.05) is 6.61 Å². The Morgan fingerprint density at radius 3 is 2.21 bits per heavy atom. The van der Waals surface area contributed by atoms with Gasteiger partial charge in [-0.2, -0.15) is 0 Å². The van der Waals surface area contributed by atoms with Gasteiger partial charge in [-0.15, -0.1) is 0 Å². The van der Waals surface area contributed by atoms with E-state index in [4.69, 9.17) is 10.2 Å². The van der Waals surface area contributed by atoms with Crippen LogP contribution in [0.5, 0.6) is 0 Å². The van der Waals surface area contributed by atoms with Crippen LogP contribution in [-0.4, -0.2) is 25.4 Å². The van der Waals surface area contributed by atoms with E-state index in [0.29, 0.717) is 5.92 Å². The van der Waals surface area contributed by atoms with Gasteiger partial charge in [-0.25, -0.2) is 13.6 Å². The normalized spacial score (nSPS) is 31.4. The maximum Gasteiger partial charge on any atom is 0.211 e. The average Bonchev–Trinajstić information content (AvgIpc) is 2.15. The number of primary sulfonamides is 1. The molecule has 0 aromatic heterocycles. The van der Waals surface area contributed by atoms with Crippen molar-refractivity contribution in [2.45, 2.75) is 37.9 Å². The summed E-state index contributed by atoms with van der Waals surface area (Å²) in [5.41, 5.74) is 0. The van der Waals surface area contributed by atoms with Crippen molar-refractivity contribution < 1.29 is 13.5 Å². The number of hydrogen-bond donors (Lipinski definition) is 2. The second-order valence-electron chi connectivity index (χ2n) is 4.26. The third kappa shape index (κ3) is 2.93. The number of sulfonamides is 1. The molecule has 0 aliphatic heterocycles. The topological polar surface area (TPSA) is 80.4 Å². The van der Waals surface area contributed by atoms with Gasteiger partial charge in [-0.1, -0.05) is 0 Å². The maximum atomic E-state index is 11.1. The van der Waals surface area contributed by atoms with Crippen LogP contribution < -0.4 is 5.14 Å². The Hall–Kier alpha value is -0.130. The Bertz CT molecular complexity index is 268. The predicted octanol–water partition coefficient (Wildman–Crippen LogP) is 0.462. The first kappa shape index (κ1) is 11.9. The smallest absolute Gasteiger partial charge is 0.211 e. The van der Waals surface area contributed by atoms with Crippen LogP contribution in [0.15, 0.2) is 0 Å². The molecule has 1 fully saturated rings. The predicted molar refractivity (Wildman–Crippen MR) is 55.1 cm³/mol. The van der Waals surface area contributed by atoms with Gasteiger partial charge >= 0.3 is 0 Å². The molecule has 0 radical (unpaired) electrons. The monoisotopic (exact) mass is 221 g/mol. The van der Waals surface area contributed by atoms with E-state index in [1.54, 1.807) is 6.92 Å². The molecule has 14 heavy (non-hydrogen) atoms. The molecule has 0 saturated heterocycles. The van der Waals surface area contributed by atoms with Crippen molar-refractivity contribution in [2.24, 2.45) is 17.0 Å². The van der Waals surface area contributed by atoms with E-state index in [1.165, 1.54) is 0 Å². The van der Waals surface area contributed by atoms with Gasteiger partial charge in [0.2, 0.25) is 10.0 Å². The second kappa shape index (κ2) is 4.59. The highest BCUT2D eigenvalue weighted by Gasteiger charge is 2.30. The molecule has 1 atom stereocenters.